The maximum atomic E-state index is 12.9. The van der Waals surface area contributed by atoms with Crippen molar-refractivity contribution in [2.45, 2.75) is 13.3 Å². The third kappa shape index (κ3) is 4.05. The van der Waals surface area contributed by atoms with Crippen LogP contribution in [0.25, 0.3) is 22.2 Å². The highest BCUT2D eigenvalue weighted by Gasteiger charge is 2.28. The molecule has 8 heteroatoms. The molecule has 1 saturated heterocycles. The van der Waals surface area contributed by atoms with Gasteiger partial charge >= 0.3 is 0 Å². The van der Waals surface area contributed by atoms with Crippen molar-refractivity contribution in [3.8, 4) is 11.3 Å². The van der Waals surface area contributed by atoms with Crippen LogP contribution in [0.4, 0.5) is 11.4 Å². The second kappa shape index (κ2) is 8.29. The van der Waals surface area contributed by atoms with Gasteiger partial charge in [0.2, 0.25) is 10.0 Å². The highest BCUT2D eigenvalue weighted by atomic mass is 32.2. The fourth-order valence-electron chi connectivity index (χ4n) is 4.08. The normalized spacial score (nSPS) is 15.0. The van der Waals surface area contributed by atoms with Gasteiger partial charge in [-0.1, -0.05) is 6.07 Å². The zero-order chi connectivity index (χ0) is 23.0. The smallest absolute Gasteiger partial charge is 0.255 e. The Morgan fingerprint density at radius 2 is 1.82 bits per heavy atom. The summed E-state index contributed by atoms with van der Waals surface area (Å²) < 4.78 is 25.6. The van der Waals surface area contributed by atoms with E-state index in [2.05, 4.69) is 15.3 Å². The summed E-state index contributed by atoms with van der Waals surface area (Å²) in [6.45, 7) is 2.47. The van der Waals surface area contributed by atoms with Crippen LogP contribution in [0.5, 0.6) is 0 Å². The van der Waals surface area contributed by atoms with Gasteiger partial charge in [0.25, 0.3) is 5.91 Å². The van der Waals surface area contributed by atoms with E-state index in [1.807, 2.05) is 43.3 Å². The average Bonchev–Trinajstić information content (AvgIpc) is 3.19. The first kappa shape index (κ1) is 21.1. The number of carbonyl (C=O) groups excluding carboxylic acids is 1. The minimum Gasteiger partial charge on any atom is -0.322 e. The van der Waals surface area contributed by atoms with E-state index in [4.69, 9.17) is 0 Å². The van der Waals surface area contributed by atoms with Crippen LogP contribution < -0.4 is 9.62 Å². The van der Waals surface area contributed by atoms with Gasteiger partial charge in [0.15, 0.2) is 0 Å². The lowest BCUT2D eigenvalue weighted by Crippen LogP contribution is -2.25. The van der Waals surface area contributed by atoms with E-state index in [1.165, 1.54) is 4.31 Å². The van der Waals surface area contributed by atoms with Crippen molar-refractivity contribution in [1.82, 2.24) is 9.97 Å². The summed E-state index contributed by atoms with van der Waals surface area (Å²) in [5.41, 5.74) is 5.30. The van der Waals surface area contributed by atoms with Crippen LogP contribution in [0.2, 0.25) is 0 Å². The lowest BCUT2D eigenvalue weighted by molar-refractivity contribution is 0.102. The molecule has 1 N–H and O–H groups in total. The Balaban J connectivity index is 1.40. The van der Waals surface area contributed by atoms with Crippen LogP contribution >= 0.6 is 0 Å². The van der Waals surface area contributed by atoms with Crippen molar-refractivity contribution in [3.05, 3.63) is 84.2 Å². The van der Waals surface area contributed by atoms with E-state index in [0.29, 0.717) is 29.9 Å². The molecule has 166 valence electrons. The molecular weight excluding hydrogens is 436 g/mol. The van der Waals surface area contributed by atoms with E-state index in [-0.39, 0.29) is 11.7 Å². The van der Waals surface area contributed by atoms with E-state index < -0.39 is 10.0 Å². The molecule has 1 fully saturated rings. The topological polar surface area (TPSA) is 92.3 Å². The Kier molecular flexibility index (Phi) is 5.30. The SMILES string of the molecule is Cc1ccc(NC(=O)c2ccc(N3CCCS3(=O)=O)cc2)cc1-c1nccc2ncccc12. The summed E-state index contributed by atoms with van der Waals surface area (Å²) in [7, 11) is -3.25. The number of hydrogen-bond acceptors (Lipinski definition) is 5. The quantitative estimate of drug-likeness (QED) is 0.489. The van der Waals surface area contributed by atoms with Gasteiger partial charge in [0, 0.05) is 41.1 Å². The molecule has 1 amide bonds. The number of nitrogens with one attached hydrogen (secondary N) is 1. The first-order valence-electron chi connectivity index (χ1n) is 10.6. The number of nitrogens with zero attached hydrogens (tertiary/aromatic N) is 3. The van der Waals surface area contributed by atoms with Crippen LogP contribution in [-0.4, -0.2) is 36.6 Å². The molecule has 4 aromatic rings. The second-order valence-electron chi connectivity index (χ2n) is 8.00. The number of pyridine rings is 2. The summed E-state index contributed by atoms with van der Waals surface area (Å²) >= 11 is 0. The number of anilines is 2. The Morgan fingerprint density at radius 1 is 1.00 bits per heavy atom. The van der Waals surface area contributed by atoms with E-state index in [1.54, 1.807) is 36.7 Å². The number of aromatic nitrogens is 2. The number of benzene rings is 2. The largest absolute Gasteiger partial charge is 0.322 e. The van der Waals surface area contributed by atoms with Crippen molar-refractivity contribution in [3.63, 3.8) is 0 Å². The van der Waals surface area contributed by atoms with E-state index in [0.717, 1.165) is 27.7 Å². The maximum absolute atomic E-state index is 12.9. The zero-order valence-corrected chi connectivity index (χ0v) is 18.8. The van der Waals surface area contributed by atoms with Crippen molar-refractivity contribution in [2.75, 3.05) is 21.9 Å². The Hall–Kier alpha value is -3.78. The molecule has 0 unspecified atom stereocenters. The number of fused-ring (bicyclic) bond motifs is 1. The summed E-state index contributed by atoms with van der Waals surface area (Å²) in [5, 5.41) is 3.88. The third-order valence-corrected chi connectivity index (χ3v) is 7.67. The van der Waals surface area contributed by atoms with Crippen LogP contribution in [0, 0.1) is 6.92 Å². The molecule has 0 bridgehead atoms. The Morgan fingerprint density at radius 3 is 2.58 bits per heavy atom. The lowest BCUT2D eigenvalue weighted by atomic mass is 10.0. The molecule has 0 saturated carbocycles. The number of carbonyl (C=O) groups is 1. The van der Waals surface area contributed by atoms with Gasteiger partial charge < -0.3 is 5.32 Å². The first-order chi connectivity index (χ1) is 15.9. The summed E-state index contributed by atoms with van der Waals surface area (Å²) in [4.78, 5) is 21.8. The molecule has 0 spiro atoms. The Labute approximate surface area is 192 Å². The van der Waals surface area contributed by atoms with Crippen molar-refractivity contribution in [2.24, 2.45) is 0 Å². The average molecular weight is 459 g/mol. The highest BCUT2D eigenvalue weighted by molar-refractivity contribution is 7.93. The minimum absolute atomic E-state index is 0.159. The molecule has 0 atom stereocenters. The Bertz CT molecular complexity index is 1460. The third-order valence-electron chi connectivity index (χ3n) is 5.80. The van der Waals surface area contributed by atoms with Gasteiger partial charge in [-0.2, -0.15) is 0 Å². The predicted octanol–water partition coefficient (Wildman–Crippen LogP) is 4.40. The summed E-state index contributed by atoms with van der Waals surface area (Å²) in [6, 6.07) is 18.1. The maximum Gasteiger partial charge on any atom is 0.255 e. The number of aryl methyl sites for hydroxylation is 1. The first-order valence-corrected chi connectivity index (χ1v) is 12.3. The van der Waals surface area contributed by atoms with Crippen LogP contribution in [0.1, 0.15) is 22.3 Å². The number of rotatable bonds is 4. The van der Waals surface area contributed by atoms with Crippen molar-refractivity contribution < 1.29 is 13.2 Å². The van der Waals surface area contributed by atoms with E-state index >= 15 is 0 Å². The van der Waals surface area contributed by atoms with Gasteiger partial charge in [0.05, 0.1) is 22.7 Å². The predicted molar refractivity (Wildman–Crippen MR) is 130 cm³/mol. The number of hydrogen-bond donors (Lipinski definition) is 1. The minimum atomic E-state index is -3.25. The van der Waals surface area contributed by atoms with Gasteiger partial charge in [0.1, 0.15) is 0 Å². The zero-order valence-electron chi connectivity index (χ0n) is 18.0. The van der Waals surface area contributed by atoms with E-state index in [9.17, 15) is 13.2 Å². The van der Waals surface area contributed by atoms with Crippen LogP contribution in [0.3, 0.4) is 0 Å². The molecule has 2 aromatic heterocycles. The van der Waals surface area contributed by atoms with Gasteiger partial charge in [-0.25, -0.2) is 8.42 Å². The van der Waals surface area contributed by atoms with Gasteiger partial charge in [-0.15, -0.1) is 0 Å². The van der Waals surface area contributed by atoms with Crippen LogP contribution in [-0.2, 0) is 10.0 Å². The lowest BCUT2D eigenvalue weighted by Gasteiger charge is -2.17. The van der Waals surface area contributed by atoms with Gasteiger partial charge in [-0.3, -0.25) is 19.1 Å². The monoisotopic (exact) mass is 458 g/mol. The summed E-state index contributed by atoms with van der Waals surface area (Å²) in [6.07, 6.45) is 4.10. The highest BCUT2D eigenvalue weighted by Crippen LogP contribution is 2.30. The fourth-order valence-corrected chi connectivity index (χ4v) is 5.65. The van der Waals surface area contributed by atoms with Crippen molar-refractivity contribution in [1.29, 1.82) is 0 Å². The second-order valence-corrected chi connectivity index (χ2v) is 10.0. The molecule has 1 aliphatic heterocycles. The molecular formula is C25H22N4O3S. The van der Waals surface area contributed by atoms with Crippen LogP contribution in [0.15, 0.2) is 73.1 Å². The fraction of sp³-hybridized carbons (Fsp3) is 0.160. The molecule has 2 aromatic carbocycles. The molecule has 7 nitrogen and oxygen atoms in total. The molecule has 5 rings (SSSR count). The standard InChI is InChI=1S/C25H22N4O3S/c1-17-5-8-19(16-22(17)24-21-4-2-12-26-23(21)11-13-27-24)28-25(30)18-6-9-20(10-7-18)29-14-3-15-33(29,31)32/h2,4-13,16H,3,14-15H2,1H3,(H,28,30). The molecule has 3 heterocycles. The molecule has 1 aliphatic rings. The molecule has 33 heavy (non-hydrogen) atoms. The number of amides is 1. The van der Waals surface area contributed by atoms with Gasteiger partial charge in [-0.05, 0) is 73.5 Å². The number of sulfonamides is 1. The summed E-state index contributed by atoms with van der Waals surface area (Å²) in [5.74, 6) is -0.111. The molecule has 0 aliphatic carbocycles. The molecule has 0 radical (unpaired) electrons. The van der Waals surface area contributed by atoms with Crippen molar-refractivity contribution >= 4 is 38.2 Å².